The second-order valence-electron chi connectivity index (χ2n) is 8.99. The minimum Gasteiger partial charge on any atom is -0.349 e. The summed E-state index contributed by atoms with van der Waals surface area (Å²) >= 11 is 15.9. The van der Waals surface area contributed by atoms with E-state index in [1.165, 1.54) is 22.7 Å². The summed E-state index contributed by atoms with van der Waals surface area (Å²) < 4.78 is 2.05. The van der Waals surface area contributed by atoms with Gasteiger partial charge in [0, 0.05) is 32.3 Å². The highest BCUT2D eigenvalue weighted by Crippen LogP contribution is 2.37. The Bertz CT molecular complexity index is 1310. The molecule has 4 aromatic rings. The molecule has 176 valence electrons. The maximum absolute atomic E-state index is 12.9. The van der Waals surface area contributed by atoms with Gasteiger partial charge in [0.05, 0.1) is 10.0 Å². The summed E-state index contributed by atoms with van der Waals surface area (Å²) in [6, 6.07) is 12.2. The van der Waals surface area contributed by atoms with E-state index in [0.29, 0.717) is 19.8 Å². The van der Waals surface area contributed by atoms with Crippen LogP contribution in [0.3, 0.4) is 0 Å². The van der Waals surface area contributed by atoms with Gasteiger partial charge in [-0.05, 0) is 62.8 Å². The van der Waals surface area contributed by atoms with Crippen LogP contribution in [0, 0.1) is 13.8 Å². The Balaban J connectivity index is 1.19. The Hall–Kier alpha value is -2.12. The lowest BCUT2D eigenvalue weighted by Crippen LogP contribution is -2.43. The summed E-state index contributed by atoms with van der Waals surface area (Å²) in [6.45, 7) is 4.05. The predicted molar refractivity (Wildman–Crippen MR) is 144 cm³/mol. The number of carbonyl (C=O) groups is 2. The van der Waals surface area contributed by atoms with Gasteiger partial charge in [-0.3, -0.25) is 9.59 Å². The van der Waals surface area contributed by atoms with Gasteiger partial charge in [-0.1, -0.05) is 47.5 Å². The van der Waals surface area contributed by atoms with Crippen LogP contribution in [0.1, 0.15) is 56.2 Å². The molecule has 2 amide bonds. The van der Waals surface area contributed by atoms with Crippen molar-refractivity contribution >= 4 is 77.9 Å². The molecule has 0 spiro atoms. The summed E-state index contributed by atoms with van der Waals surface area (Å²) in [5, 5.41) is 9.17. The van der Waals surface area contributed by atoms with Gasteiger partial charge in [-0.25, -0.2) is 0 Å². The van der Waals surface area contributed by atoms with Gasteiger partial charge in [0.25, 0.3) is 11.8 Å². The maximum Gasteiger partial charge on any atom is 0.263 e. The Kier molecular flexibility index (Phi) is 6.60. The van der Waals surface area contributed by atoms with E-state index in [0.717, 1.165) is 57.0 Å². The molecule has 5 rings (SSSR count). The number of aryl methyl sites for hydroxylation is 2. The van der Waals surface area contributed by atoms with Gasteiger partial charge in [-0.2, -0.15) is 0 Å². The average molecular weight is 532 g/mol. The van der Waals surface area contributed by atoms with Crippen LogP contribution >= 0.6 is 45.9 Å². The van der Waals surface area contributed by atoms with E-state index in [1.54, 1.807) is 0 Å². The zero-order valence-electron chi connectivity index (χ0n) is 18.8. The molecule has 1 fully saturated rings. The van der Waals surface area contributed by atoms with Crippen molar-refractivity contribution < 1.29 is 9.59 Å². The Labute approximate surface area is 216 Å². The van der Waals surface area contributed by atoms with Crippen LogP contribution < -0.4 is 10.6 Å². The SMILES string of the molecule is Cc1ccc2c(Cl)c(C(=O)NC3CCC(NC(=O)c4sc5cc(C)ccc5c4Cl)CC3)sc2c1. The molecule has 2 N–H and O–H groups in total. The molecule has 2 aromatic carbocycles. The monoisotopic (exact) mass is 530 g/mol. The second-order valence-corrected chi connectivity index (χ2v) is 11.8. The molecule has 0 unspecified atom stereocenters. The predicted octanol–water partition coefficient (Wildman–Crippen LogP) is 7.51. The van der Waals surface area contributed by atoms with Crippen molar-refractivity contribution in [3.05, 3.63) is 67.3 Å². The number of rotatable bonds is 4. The Morgan fingerprint density at radius 2 is 1.12 bits per heavy atom. The first-order valence-electron chi connectivity index (χ1n) is 11.3. The molecule has 1 aliphatic carbocycles. The third-order valence-electron chi connectivity index (χ3n) is 6.38. The first-order chi connectivity index (χ1) is 16.3. The van der Waals surface area contributed by atoms with Crippen LogP contribution in [0.4, 0.5) is 0 Å². The van der Waals surface area contributed by atoms with Crippen LogP contribution in [-0.4, -0.2) is 23.9 Å². The summed E-state index contributed by atoms with van der Waals surface area (Å²) in [4.78, 5) is 26.9. The fraction of sp³-hybridized carbons (Fsp3) is 0.308. The van der Waals surface area contributed by atoms with Crippen molar-refractivity contribution in [2.45, 2.75) is 51.6 Å². The Morgan fingerprint density at radius 1 is 0.735 bits per heavy atom. The fourth-order valence-corrected chi connectivity index (χ4v) is 7.56. The topological polar surface area (TPSA) is 58.2 Å². The van der Waals surface area contributed by atoms with Crippen LogP contribution in [0.5, 0.6) is 0 Å². The fourth-order valence-electron chi connectivity index (χ4n) is 4.52. The number of benzene rings is 2. The molecule has 8 heteroatoms. The average Bonchev–Trinajstić information content (AvgIpc) is 3.31. The van der Waals surface area contributed by atoms with Gasteiger partial charge in [0.15, 0.2) is 0 Å². The normalized spacial score (nSPS) is 18.4. The van der Waals surface area contributed by atoms with Gasteiger partial charge < -0.3 is 10.6 Å². The molecule has 0 atom stereocenters. The summed E-state index contributed by atoms with van der Waals surface area (Å²) in [5.41, 5.74) is 2.29. The minimum atomic E-state index is -0.122. The summed E-state index contributed by atoms with van der Waals surface area (Å²) in [6.07, 6.45) is 3.21. The zero-order chi connectivity index (χ0) is 24.0. The highest BCUT2D eigenvalue weighted by molar-refractivity contribution is 7.22. The van der Waals surface area contributed by atoms with Crippen LogP contribution in [0.2, 0.25) is 10.0 Å². The summed E-state index contributed by atoms with van der Waals surface area (Å²) in [7, 11) is 0. The lowest BCUT2D eigenvalue weighted by Gasteiger charge is -2.29. The van der Waals surface area contributed by atoms with Crippen molar-refractivity contribution in [1.29, 1.82) is 0 Å². The molecule has 0 bridgehead atoms. The number of halogens is 2. The first kappa shape index (κ1) is 23.6. The lowest BCUT2D eigenvalue weighted by molar-refractivity contribution is 0.0896. The number of nitrogens with one attached hydrogen (secondary N) is 2. The maximum atomic E-state index is 12.9. The van der Waals surface area contributed by atoms with Crippen molar-refractivity contribution in [3.63, 3.8) is 0 Å². The van der Waals surface area contributed by atoms with E-state index in [-0.39, 0.29) is 23.9 Å². The van der Waals surface area contributed by atoms with Crippen LogP contribution in [0.25, 0.3) is 20.2 Å². The van der Waals surface area contributed by atoms with E-state index < -0.39 is 0 Å². The highest BCUT2D eigenvalue weighted by atomic mass is 35.5. The lowest BCUT2D eigenvalue weighted by atomic mass is 9.91. The van der Waals surface area contributed by atoms with Crippen molar-refractivity contribution in [2.75, 3.05) is 0 Å². The molecule has 1 saturated carbocycles. The smallest absolute Gasteiger partial charge is 0.263 e. The molecule has 0 saturated heterocycles. The van der Waals surface area contributed by atoms with Crippen molar-refractivity contribution in [3.8, 4) is 0 Å². The van der Waals surface area contributed by atoms with Crippen LogP contribution in [-0.2, 0) is 0 Å². The number of hydrogen-bond acceptors (Lipinski definition) is 4. The largest absolute Gasteiger partial charge is 0.349 e. The highest BCUT2D eigenvalue weighted by Gasteiger charge is 2.27. The molecule has 34 heavy (non-hydrogen) atoms. The number of thiophene rings is 2. The number of hydrogen-bond donors (Lipinski definition) is 2. The molecule has 2 aromatic heterocycles. The van der Waals surface area contributed by atoms with E-state index in [1.807, 2.05) is 38.1 Å². The van der Waals surface area contributed by atoms with Gasteiger partial charge >= 0.3 is 0 Å². The van der Waals surface area contributed by atoms with Crippen LogP contribution in [0.15, 0.2) is 36.4 Å². The van der Waals surface area contributed by atoms with Crippen molar-refractivity contribution in [2.24, 2.45) is 0 Å². The number of carbonyl (C=O) groups excluding carboxylic acids is 2. The molecular weight excluding hydrogens is 507 g/mol. The van der Waals surface area contributed by atoms with E-state index in [9.17, 15) is 9.59 Å². The number of amides is 2. The second kappa shape index (κ2) is 9.50. The zero-order valence-corrected chi connectivity index (χ0v) is 22.0. The minimum absolute atomic E-state index is 0.0690. The van der Waals surface area contributed by atoms with Gasteiger partial charge in [0.1, 0.15) is 9.75 Å². The van der Waals surface area contributed by atoms with Crippen molar-refractivity contribution in [1.82, 2.24) is 10.6 Å². The van der Waals surface area contributed by atoms with Gasteiger partial charge in [-0.15, -0.1) is 22.7 Å². The molecule has 4 nitrogen and oxygen atoms in total. The first-order valence-corrected chi connectivity index (χ1v) is 13.7. The van der Waals surface area contributed by atoms with E-state index in [4.69, 9.17) is 23.2 Å². The quantitative estimate of drug-likeness (QED) is 0.286. The summed E-state index contributed by atoms with van der Waals surface area (Å²) in [5.74, 6) is -0.243. The third kappa shape index (κ3) is 4.57. The molecular formula is C26H24Cl2N2O2S2. The third-order valence-corrected chi connectivity index (χ3v) is 9.69. The molecule has 0 aliphatic heterocycles. The number of fused-ring (bicyclic) bond motifs is 2. The Morgan fingerprint density at radius 3 is 1.50 bits per heavy atom. The van der Waals surface area contributed by atoms with Gasteiger partial charge in [0.2, 0.25) is 0 Å². The molecule has 1 aliphatic rings. The molecule has 2 heterocycles. The molecule has 0 radical (unpaired) electrons. The van der Waals surface area contributed by atoms with E-state index in [2.05, 4.69) is 22.8 Å². The standard InChI is InChI=1S/C26H24Cl2N2O2S2/c1-13-3-9-17-19(11-13)33-23(21(17)27)25(31)29-15-5-7-16(8-6-15)30-26(32)24-22(28)18-10-4-14(2)12-20(18)34-24/h3-4,9-12,15-16H,5-8H2,1-2H3,(H,29,31)(H,30,32). The van der Waals surface area contributed by atoms with E-state index >= 15 is 0 Å².